The van der Waals surface area contributed by atoms with Crippen LogP contribution in [0, 0.1) is 5.41 Å². The smallest absolute Gasteiger partial charge is 0.129 e. The molecule has 0 spiro atoms. The Balaban J connectivity index is 1.95. The molecule has 3 rings (SSSR count). The minimum atomic E-state index is 0.353. The van der Waals surface area contributed by atoms with Crippen molar-refractivity contribution in [2.75, 3.05) is 52.9 Å². The maximum absolute atomic E-state index is 7.29. The third-order valence-electron chi connectivity index (χ3n) is 4.20. The summed E-state index contributed by atoms with van der Waals surface area (Å²) in [5.41, 5.74) is 5.43. The highest BCUT2D eigenvalue weighted by atomic mass is 15.5. The van der Waals surface area contributed by atoms with Crippen LogP contribution >= 0.6 is 0 Å². The largest absolute Gasteiger partial charge is 0.387 e. The van der Waals surface area contributed by atoms with Crippen LogP contribution in [0.2, 0.25) is 0 Å². The van der Waals surface area contributed by atoms with Gasteiger partial charge in [-0.15, -0.1) is 0 Å². The van der Waals surface area contributed by atoms with Crippen LogP contribution < -0.4 is 5.73 Å². The van der Waals surface area contributed by atoms with Gasteiger partial charge >= 0.3 is 0 Å². The van der Waals surface area contributed by atoms with E-state index in [-0.39, 0.29) is 0 Å². The normalized spacial score (nSPS) is 41.2. The van der Waals surface area contributed by atoms with Gasteiger partial charge in [0.1, 0.15) is 39.3 Å². The highest BCUT2D eigenvalue weighted by Gasteiger charge is 2.46. The Morgan fingerprint density at radius 2 is 1.64 bits per heavy atom. The Morgan fingerprint density at radius 1 is 1.14 bits per heavy atom. The van der Waals surface area contributed by atoms with Crippen LogP contribution in [0.3, 0.4) is 0 Å². The van der Waals surface area contributed by atoms with Gasteiger partial charge in [-0.05, 0) is 0 Å². The lowest BCUT2D eigenvalue weighted by molar-refractivity contribution is -1.07. The van der Waals surface area contributed by atoms with Gasteiger partial charge in [0.25, 0.3) is 0 Å². The molecule has 3 saturated heterocycles. The van der Waals surface area contributed by atoms with E-state index in [0.717, 1.165) is 13.0 Å². The number of nitrogens with zero attached hydrogens (tertiary/aromatic N) is 2. The summed E-state index contributed by atoms with van der Waals surface area (Å²) in [7, 11) is 2.37. The summed E-state index contributed by atoms with van der Waals surface area (Å²) >= 11 is 0. The summed E-state index contributed by atoms with van der Waals surface area (Å²) in [6, 6.07) is 0. The van der Waals surface area contributed by atoms with Gasteiger partial charge in [-0.25, -0.2) is 0 Å². The van der Waals surface area contributed by atoms with Crippen molar-refractivity contribution in [1.82, 2.24) is 0 Å². The van der Waals surface area contributed by atoms with Crippen molar-refractivity contribution < 1.29 is 8.97 Å². The molecule has 0 aliphatic carbocycles. The fourth-order valence-corrected chi connectivity index (χ4v) is 2.72. The molecule has 0 aromatic heterocycles. The van der Waals surface area contributed by atoms with Gasteiger partial charge in [-0.1, -0.05) is 0 Å². The summed E-state index contributed by atoms with van der Waals surface area (Å²) in [6.45, 7) is 8.93. The number of nitrogens with one attached hydrogen (secondary N) is 1. The van der Waals surface area contributed by atoms with Crippen molar-refractivity contribution in [3.8, 4) is 0 Å². The molecular weight excluding hydrogens is 176 g/mol. The SMILES string of the molecule is C[N+]12CC[N+](CCC(=N)N)(CC1)CC2. The molecule has 0 radical (unpaired) electrons. The molecule has 3 fully saturated rings. The summed E-state index contributed by atoms with van der Waals surface area (Å²) in [5, 5.41) is 7.29. The zero-order chi connectivity index (χ0) is 10.2. The number of hydrogen-bond acceptors (Lipinski definition) is 1. The van der Waals surface area contributed by atoms with E-state index < -0.39 is 0 Å². The van der Waals surface area contributed by atoms with Gasteiger partial charge in [0.05, 0.1) is 25.8 Å². The first-order valence-electron chi connectivity index (χ1n) is 5.55. The number of fused-ring (bicyclic) bond motifs is 3. The van der Waals surface area contributed by atoms with Crippen LogP contribution in [0.15, 0.2) is 0 Å². The minimum Gasteiger partial charge on any atom is -0.387 e. The van der Waals surface area contributed by atoms with Gasteiger partial charge < -0.3 is 14.7 Å². The first-order chi connectivity index (χ1) is 6.54. The fourth-order valence-electron chi connectivity index (χ4n) is 2.72. The average Bonchev–Trinajstić information content (AvgIpc) is 2.17. The molecule has 80 valence electrons. The number of nitrogens with two attached hydrogens (primary N) is 1. The second-order valence-corrected chi connectivity index (χ2v) is 5.30. The maximum atomic E-state index is 7.29. The Bertz CT molecular complexity index is 224. The van der Waals surface area contributed by atoms with Crippen molar-refractivity contribution in [3.63, 3.8) is 0 Å². The number of amidine groups is 1. The lowest BCUT2D eigenvalue weighted by atomic mass is 10.1. The molecule has 0 aromatic carbocycles. The first-order valence-corrected chi connectivity index (χ1v) is 5.55. The summed E-state index contributed by atoms with van der Waals surface area (Å²) in [4.78, 5) is 0. The van der Waals surface area contributed by atoms with Crippen molar-refractivity contribution in [2.45, 2.75) is 6.42 Å². The highest BCUT2D eigenvalue weighted by molar-refractivity contribution is 5.76. The number of rotatable bonds is 3. The Hall–Kier alpha value is -0.610. The summed E-state index contributed by atoms with van der Waals surface area (Å²) < 4.78 is 2.51. The van der Waals surface area contributed by atoms with E-state index in [9.17, 15) is 0 Å². The van der Waals surface area contributed by atoms with Crippen LogP contribution in [-0.4, -0.2) is 67.7 Å². The molecule has 3 aliphatic heterocycles. The average molecular weight is 198 g/mol. The van der Waals surface area contributed by atoms with Crippen LogP contribution in [0.1, 0.15) is 6.42 Å². The van der Waals surface area contributed by atoms with Crippen molar-refractivity contribution >= 4 is 5.84 Å². The molecular formula is C10H22N4+2. The molecule has 3 aliphatic rings. The van der Waals surface area contributed by atoms with Gasteiger partial charge in [0.2, 0.25) is 0 Å². The fraction of sp³-hybridized carbons (Fsp3) is 0.900. The highest BCUT2D eigenvalue weighted by Crippen LogP contribution is 2.24. The van der Waals surface area contributed by atoms with Crippen LogP contribution in [0.25, 0.3) is 0 Å². The van der Waals surface area contributed by atoms with E-state index in [1.807, 2.05) is 0 Å². The quantitative estimate of drug-likeness (QED) is 0.362. The van der Waals surface area contributed by atoms with Gasteiger partial charge in [0.15, 0.2) is 0 Å². The molecule has 0 aromatic rings. The molecule has 2 bridgehead atoms. The number of quaternary nitrogens is 2. The molecule has 0 saturated carbocycles. The molecule has 4 heteroatoms. The molecule has 0 atom stereocenters. The van der Waals surface area contributed by atoms with Crippen LogP contribution in [0.4, 0.5) is 0 Å². The van der Waals surface area contributed by atoms with Crippen molar-refractivity contribution in [1.29, 1.82) is 5.41 Å². The maximum Gasteiger partial charge on any atom is 0.129 e. The van der Waals surface area contributed by atoms with E-state index in [4.69, 9.17) is 11.1 Å². The van der Waals surface area contributed by atoms with Crippen molar-refractivity contribution in [3.05, 3.63) is 0 Å². The van der Waals surface area contributed by atoms with Gasteiger partial charge in [-0.2, -0.15) is 0 Å². The number of hydrogen-bond donors (Lipinski definition) is 2. The van der Waals surface area contributed by atoms with E-state index in [0.29, 0.717) is 5.84 Å². The lowest BCUT2D eigenvalue weighted by Gasteiger charge is -2.54. The second-order valence-electron chi connectivity index (χ2n) is 5.30. The van der Waals surface area contributed by atoms with E-state index in [1.165, 1.54) is 48.2 Å². The Morgan fingerprint density at radius 3 is 2.07 bits per heavy atom. The van der Waals surface area contributed by atoms with Gasteiger partial charge in [-0.3, -0.25) is 5.41 Å². The Kier molecular flexibility index (Phi) is 2.27. The topological polar surface area (TPSA) is 49.9 Å². The predicted octanol–water partition coefficient (Wildman–Crippen LogP) is -0.397. The second kappa shape index (κ2) is 3.21. The summed E-state index contributed by atoms with van der Waals surface area (Å²) in [6.07, 6.45) is 0.781. The molecule has 3 N–H and O–H groups in total. The summed E-state index contributed by atoms with van der Waals surface area (Å²) in [5.74, 6) is 0.353. The Labute approximate surface area is 86.0 Å². The zero-order valence-corrected chi connectivity index (χ0v) is 9.13. The number of likely N-dealkylation sites (N-methyl/N-ethyl adjacent to an activating group) is 1. The molecule has 3 heterocycles. The van der Waals surface area contributed by atoms with E-state index in [1.54, 1.807) is 0 Å². The van der Waals surface area contributed by atoms with Crippen LogP contribution in [-0.2, 0) is 0 Å². The first kappa shape index (κ1) is 9.93. The van der Waals surface area contributed by atoms with Gasteiger partial charge in [0, 0.05) is 0 Å². The van der Waals surface area contributed by atoms with Crippen LogP contribution in [0.5, 0.6) is 0 Å². The number of piperazine rings is 3. The zero-order valence-electron chi connectivity index (χ0n) is 9.13. The third-order valence-corrected chi connectivity index (χ3v) is 4.20. The molecule has 0 amide bonds. The molecule has 0 unspecified atom stereocenters. The lowest BCUT2D eigenvalue weighted by Crippen LogP contribution is -2.73. The molecule has 14 heavy (non-hydrogen) atoms. The predicted molar refractivity (Wildman–Crippen MR) is 57.0 cm³/mol. The van der Waals surface area contributed by atoms with E-state index >= 15 is 0 Å². The van der Waals surface area contributed by atoms with E-state index in [2.05, 4.69) is 7.05 Å². The molecule has 4 nitrogen and oxygen atoms in total. The monoisotopic (exact) mass is 198 g/mol. The minimum absolute atomic E-state index is 0.353. The standard InChI is InChI=1S/C10H22N4/c1-13-4-7-14(8-5-13,9-6-13)3-2-10(11)12/h2-9H2,1H3,(H3,11,12)/q+2. The van der Waals surface area contributed by atoms with Crippen molar-refractivity contribution in [2.24, 2.45) is 5.73 Å². The third kappa shape index (κ3) is 1.77.